The Morgan fingerprint density at radius 1 is 1.08 bits per heavy atom. The number of amides is 1. The topological polar surface area (TPSA) is 48.5 Å². The number of aromatic nitrogens is 1. The summed E-state index contributed by atoms with van der Waals surface area (Å²) in [5, 5.41) is 2.53. The summed E-state index contributed by atoms with van der Waals surface area (Å²) in [6.45, 7) is 3.67. The number of nitrogens with zero attached hydrogens (tertiary/aromatic N) is 3. The Morgan fingerprint density at radius 3 is 2.54 bits per heavy atom. The summed E-state index contributed by atoms with van der Waals surface area (Å²) in [5.41, 5.74) is 1.34. The van der Waals surface area contributed by atoms with Gasteiger partial charge in [0, 0.05) is 49.8 Å². The third-order valence-corrected chi connectivity index (χ3v) is 4.02. The van der Waals surface area contributed by atoms with Crippen LogP contribution in [0.15, 0.2) is 36.5 Å². The molecule has 0 spiro atoms. The zero-order valence-electron chi connectivity index (χ0n) is 13.3. The van der Waals surface area contributed by atoms with Gasteiger partial charge in [0.15, 0.2) is 11.6 Å². The summed E-state index contributed by atoms with van der Waals surface area (Å²) >= 11 is 0. The number of hydrogen-bond acceptors (Lipinski definition) is 4. The summed E-state index contributed by atoms with van der Waals surface area (Å²) in [6.07, 6.45) is 1.58. The zero-order chi connectivity index (χ0) is 17.1. The molecular weight excluding hydrogens is 314 g/mol. The highest BCUT2D eigenvalue weighted by atomic mass is 19.2. The summed E-state index contributed by atoms with van der Waals surface area (Å²) in [4.78, 5) is 20.8. The van der Waals surface area contributed by atoms with Crippen molar-refractivity contribution >= 4 is 17.3 Å². The highest BCUT2D eigenvalue weighted by Gasteiger charge is 2.16. The van der Waals surface area contributed by atoms with Gasteiger partial charge >= 0.3 is 0 Å². The van der Waals surface area contributed by atoms with Crippen molar-refractivity contribution in [1.29, 1.82) is 0 Å². The number of hydrogen-bond donors (Lipinski definition) is 1. The fourth-order valence-electron chi connectivity index (χ4n) is 2.57. The van der Waals surface area contributed by atoms with Crippen LogP contribution in [0.2, 0.25) is 0 Å². The smallest absolute Gasteiger partial charge is 0.274 e. The number of halogens is 2. The standard InChI is InChI=1S/C17H18F2N4O/c1-22-6-8-23(9-7-22)13-4-5-20-16(11-13)17(24)21-12-2-3-14(18)15(19)10-12/h2-5,10-11H,6-9H2,1H3,(H,21,24). The molecule has 24 heavy (non-hydrogen) atoms. The molecule has 1 fully saturated rings. The van der Waals surface area contributed by atoms with Crippen LogP contribution in [0.25, 0.3) is 0 Å². The van der Waals surface area contributed by atoms with Crippen LogP contribution in [0.3, 0.4) is 0 Å². The van der Waals surface area contributed by atoms with Crippen molar-refractivity contribution in [1.82, 2.24) is 9.88 Å². The summed E-state index contributed by atoms with van der Waals surface area (Å²) in [7, 11) is 2.07. The second kappa shape index (κ2) is 6.92. The Labute approximate surface area is 138 Å². The number of anilines is 2. The lowest BCUT2D eigenvalue weighted by Crippen LogP contribution is -2.44. The Bertz CT molecular complexity index is 745. The van der Waals surface area contributed by atoms with E-state index in [4.69, 9.17) is 0 Å². The Morgan fingerprint density at radius 2 is 1.83 bits per heavy atom. The van der Waals surface area contributed by atoms with Crippen LogP contribution in [0.5, 0.6) is 0 Å². The van der Waals surface area contributed by atoms with E-state index in [1.165, 1.54) is 6.07 Å². The molecule has 1 aromatic heterocycles. The van der Waals surface area contributed by atoms with Gasteiger partial charge in [0.25, 0.3) is 5.91 Å². The first kappa shape index (κ1) is 16.3. The van der Waals surface area contributed by atoms with Gasteiger partial charge in [0.05, 0.1) is 0 Å². The van der Waals surface area contributed by atoms with Crippen molar-refractivity contribution in [3.8, 4) is 0 Å². The van der Waals surface area contributed by atoms with E-state index in [9.17, 15) is 13.6 Å². The van der Waals surface area contributed by atoms with Crippen LogP contribution in [-0.2, 0) is 0 Å². The molecule has 2 aromatic rings. The van der Waals surface area contributed by atoms with E-state index in [1.807, 2.05) is 6.07 Å². The van der Waals surface area contributed by atoms with Crippen LogP contribution >= 0.6 is 0 Å². The highest BCUT2D eigenvalue weighted by Crippen LogP contribution is 2.18. The van der Waals surface area contributed by atoms with Gasteiger partial charge in [0.1, 0.15) is 5.69 Å². The number of nitrogens with one attached hydrogen (secondary N) is 1. The third-order valence-electron chi connectivity index (χ3n) is 4.02. The predicted molar refractivity (Wildman–Crippen MR) is 88.3 cm³/mol. The van der Waals surface area contributed by atoms with E-state index < -0.39 is 17.5 Å². The molecule has 0 radical (unpaired) electrons. The van der Waals surface area contributed by atoms with E-state index >= 15 is 0 Å². The summed E-state index contributed by atoms with van der Waals surface area (Å²) in [5.74, 6) is -2.42. The molecule has 1 saturated heterocycles. The van der Waals surface area contributed by atoms with E-state index in [0.717, 1.165) is 44.0 Å². The second-order valence-electron chi connectivity index (χ2n) is 5.77. The average molecular weight is 332 g/mol. The highest BCUT2D eigenvalue weighted by molar-refractivity contribution is 6.03. The van der Waals surface area contributed by atoms with Gasteiger partial charge in [-0.1, -0.05) is 0 Å². The van der Waals surface area contributed by atoms with Gasteiger partial charge in [-0.2, -0.15) is 0 Å². The molecular formula is C17H18F2N4O. The third kappa shape index (κ3) is 3.68. The maximum atomic E-state index is 13.2. The fraction of sp³-hybridized carbons (Fsp3) is 0.294. The second-order valence-corrected chi connectivity index (χ2v) is 5.77. The average Bonchev–Trinajstić information content (AvgIpc) is 2.59. The SMILES string of the molecule is CN1CCN(c2ccnc(C(=O)Nc3ccc(F)c(F)c3)c2)CC1. The first-order valence-corrected chi connectivity index (χ1v) is 7.69. The lowest BCUT2D eigenvalue weighted by atomic mass is 10.2. The van der Waals surface area contributed by atoms with Crippen LogP contribution in [0.1, 0.15) is 10.5 Å². The van der Waals surface area contributed by atoms with Gasteiger partial charge in [-0.05, 0) is 31.3 Å². The fourth-order valence-corrected chi connectivity index (χ4v) is 2.57. The molecule has 0 bridgehead atoms. The monoisotopic (exact) mass is 332 g/mol. The van der Waals surface area contributed by atoms with Crippen molar-refractivity contribution in [3.63, 3.8) is 0 Å². The number of carbonyl (C=O) groups excluding carboxylic acids is 1. The molecule has 0 saturated carbocycles. The van der Waals surface area contributed by atoms with Crippen molar-refractivity contribution in [2.24, 2.45) is 0 Å². The minimum Gasteiger partial charge on any atom is -0.369 e. The van der Waals surface area contributed by atoms with Crippen LogP contribution < -0.4 is 10.2 Å². The minimum absolute atomic E-state index is 0.186. The number of piperazine rings is 1. The molecule has 7 heteroatoms. The number of carbonyl (C=O) groups is 1. The maximum absolute atomic E-state index is 13.2. The first-order valence-electron chi connectivity index (χ1n) is 7.69. The molecule has 5 nitrogen and oxygen atoms in total. The van der Waals surface area contributed by atoms with Gasteiger partial charge in [0.2, 0.25) is 0 Å². The number of pyridine rings is 1. The Hall–Kier alpha value is -2.54. The van der Waals surface area contributed by atoms with Gasteiger partial charge in [-0.25, -0.2) is 8.78 Å². The van der Waals surface area contributed by atoms with Crippen LogP contribution in [0, 0.1) is 11.6 Å². The number of benzene rings is 1. The Kier molecular flexibility index (Phi) is 4.71. The van der Waals surface area contributed by atoms with Crippen LogP contribution in [-0.4, -0.2) is 49.0 Å². The summed E-state index contributed by atoms with van der Waals surface area (Å²) in [6, 6.07) is 6.79. The first-order chi connectivity index (χ1) is 11.5. The van der Waals surface area contributed by atoms with Crippen molar-refractivity contribution in [2.45, 2.75) is 0 Å². The number of rotatable bonds is 3. The van der Waals surface area contributed by atoms with E-state index in [2.05, 4.69) is 27.1 Å². The van der Waals surface area contributed by atoms with E-state index in [1.54, 1.807) is 12.3 Å². The minimum atomic E-state index is -1.01. The Balaban J connectivity index is 1.73. The quantitative estimate of drug-likeness (QED) is 0.937. The molecule has 0 unspecified atom stereocenters. The molecule has 1 aliphatic rings. The summed E-state index contributed by atoms with van der Waals surface area (Å²) < 4.78 is 26.2. The predicted octanol–water partition coefficient (Wildman–Crippen LogP) is 2.36. The molecule has 0 atom stereocenters. The maximum Gasteiger partial charge on any atom is 0.274 e. The molecule has 1 aromatic carbocycles. The van der Waals surface area contributed by atoms with E-state index in [0.29, 0.717) is 0 Å². The molecule has 1 N–H and O–H groups in total. The van der Waals surface area contributed by atoms with Crippen molar-refractivity contribution in [3.05, 3.63) is 53.9 Å². The molecule has 126 valence electrons. The molecule has 1 aliphatic heterocycles. The van der Waals surface area contributed by atoms with Crippen molar-refractivity contribution < 1.29 is 13.6 Å². The lowest BCUT2D eigenvalue weighted by Gasteiger charge is -2.34. The number of likely N-dealkylation sites (N-methyl/N-ethyl adjacent to an activating group) is 1. The molecule has 0 aliphatic carbocycles. The lowest BCUT2D eigenvalue weighted by molar-refractivity contribution is 0.102. The molecule has 1 amide bonds. The van der Waals surface area contributed by atoms with Gasteiger partial charge in [-0.3, -0.25) is 9.78 Å². The van der Waals surface area contributed by atoms with E-state index in [-0.39, 0.29) is 11.4 Å². The molecule has 2 heterocycles. The van der Waals surface area contributed by atoms with Crippen LogP contribution in [0.4, 0.5) is 20.2 Å². The normalized spacial score (nSPS) is 15.4. The van der Waals surface area contributed by atoms with Gasteiger partial charge < -0.3 is 15.1 Å². The molecule has 3 rings (SSSR count). The largest absolute Gasteiger partial charge is 0.369 e. The van der Waals surface area contributed by atoms with Crippen molar-refractivity contribution in [2.75, 3.05) is 43.4 Å². The van der Waals surface area contributed by atoms with Gasteiger partial charge in [-0.15, -0.1) is 0 Å². The zero-order valence-corrected chi connectivity index (χ0v) is 13.3.